The highest BCUT2D eigenvalue weighted by Gasteiger charge is 2.35. The minimum absolute atomic E-state index is 0.0696. The van der Waals surface area contributed by atoms with Gasteiger partial charge in [0, 0.05) is 7.05 Å². The van der Waals surface area contributed by atoms with E-state index >= 15 is 0 Å². The Bertz CT molecular complexity index is 321. The average Bonchev–Trinajstić information content (AvgIpc) is 2.45. The molecule has 7 heteroatoms. The fourth-order valence-electron chi connectivity index (χ4n) is 1.03. The maximum atomic E-state index is 12.1. The van der Waals surface area contributed by atoms with E-state index in [9.17, 15) is 13.2 Å². The molecule has 0 aliphatic carbocycles. The van der Waals surface area contributed by atoms with Gasteiger partial charge in [0.1, 0.15) is 6.10 Å². The monoisotopic (exact) mass is 210 g/mol. The zero-order chi connectivity index (χ0) is 10.9. The Morgan fingerprint density at radius 2 is 2.14 bits per heavy atom. The summed E-state index contributed by atoms with van der Waals surface area (Å²) in [5.41, 5.74) is -1.15. The van der Waals surface area contributed by atoms with Crippen molar-refractivity contribution in [3.05, 3.63) is 17.5 Å². The first-order valence-electron chi connectivity index (χ1n) is 3.76. The smallest absolute Gasteiger partial charge is 0.393 e. The SMILES string of the molecule is Cn1nc(C(F)(F)F)cc1C(O)CO. The third-order valence-corrected chi connectivity index (χ3v) is 1.72. The van der Waals surface area contributed by atoms with Gasteiger partial charge in [-0.1, -0.05) is 0 Å². The fourth-order valence-corrected chi connectivity index (χ4v) is 1.03. The molecule has 0 fully saturated rings. The first-order valence-corrected chi connectivity index (χ1v) is 3.76. The van der Waals surface area contributed by atoms with E-state index < -0.39 is 24.6 Å². The molecule has 0 bridgehead atoms. The van der Waals surface area contributed by atoms with Crippen molar-refractivity contribution in [2.24, 2.45) is 7.05 Å². The normalized spacial score (nSPS) is 14.4. The van der Waals surface area contributed by atoms with Gasteiger partial charge in [0.05, 0.1) is 12.3 Å². The molecule has 4 nitrogen and oxygen atoms in total. The van der Waals surface area contributed by atoms with Crippen molar-refractivity contribution in [1.82, 2.24) is 9.78 Å². The predicted octanol–water partition coefficient (Wildman–Crippen LogP) is 0.465. The van der Waals surface area contributed by atoms with E-state index in [-0.39, 0.29) is 5.69 Å². The van der Waals surface area contributed by atoms with Crippen LogP contribution < -0.4 is 0 Å². The lowest BCUT2D eigenvalue weighted by molar-refractivity contribution is -0.141. The molecule has 1 atom stereocenters. The zero-order valence-electron chi connectivity index (χ0n) is 7.28. The zero-order valence-corrected chi connectivity index (χ0v) is 7.28. The molecule has 0 aliphatic rings. The number of rotatable bonds is 2. The second-order valence-electron chi connectivity index (χ2n) is 2.77. The van der Waals surface area contributed by atoms with Gasteiger partial charge >= 0.3 is 6.18 Å². The van der Waals surface area contributed by atoms with Gasteiger partial charge in [0.2, 0.25) is 0 Å². The summed E-state index contributed by atoms with van der Waals surface area (Å²) >= 11 is 0. The Morgan fingerprint density at radius 3 is 2.50 bits per heavy atom. The first kappa shape index (κ1) is 11.0. The minimum atomic E-state index is -4.54. The van der Waals surface area contributed by atoms with Gasteiger partial charge in [-0.05, 0) is 6.07 Å². The van der Waals surface area contributed by atoms with Crippen LogP contribution in [0.2, 0.25) is 0 Å². The minimum Gasteiger partial charge on any atom is -0.393 e. The van der Waals surface area contributed by atoms with Crippen LogP contribution in [0.4, 0.5) is 13.2 Å². The molecule has 0 saturated carbocycles. The van der Waals surface area contributed by atoms with E-state index in [0.717, 1.165) is 4.68 Å². The molecule has 1 aromatic rings. The molecular weight excluding hydrogens is 201 g/mol. The van der Waals surface area contributed by atoms with Gasteiger partial charge in [-0.3, -0.25) is 4.68 Å². The van der Waals surface area contributed by atoms with Crippen molar-refractivity contribution in [1.29, 1.82) is 0 Å². The van der Waals surface area contributed by atoms with Crippen LogP contribution >= 0.6 is 0 Å². The van der Waals surface area contributed by atoms with Crippen LogP contribution in [-0.4, -0.2) is 26.6 Å². The number of aliphatic hydroxyl groups is 2. The number of hydrogen-bond donors (Lipinski definition) is 2. The largest absolute Gasteiger partial charge is 0.435 e. The molecule has 0 saturated heterocycles. The predicted molar refractivity (Wildman–Crippen MR) is 40.3 cm³/mol. The summed E-state index contributed by atoms with van der Waals surface area (Å²) in [5, 5.41) is 20.8. The summed E-state index contributed by atoms with van der Waals surface area (Å²) in [6, 6.07) is 0.709. The third-order valence-electron chi connectivity index (χ3n) is 1.72. The van der Waals surface area contributed by atoms with Gasteiger partial charge in [-0.2, -0.15) is 18.3 Å². The highest BCUT2D eigenvalue weighted by molar-refractivity contribution is 5.15. The Balaban J connectivity index is 3.05. The Morgan fingerprint density at radius 1 is 1.57 bits per heavy atom. The molecule has 0 radical (unpaired) electrons. The van der Waals surface area contributed by atoms with Gasteiger partial charge in [0.25, 0.3) is 0 Å². The van der Waals surface area contributed by atoms with Crippen molar-refractivity contribution in [3.63, 3.8) is 0 Å². The number of aromatic nitrogens is 2. The number of aliphatic hydroxyl groups excluding tert-OH is 2. The van der Waals surface area contributed by atoms with Gasteiger partial charge in [-0.25, -0.2) is 0 Å². The third kappa shape index (κ3) is 2.05. The summed E-state index contributed by atoms with van der Waals surface area (Å²) in [6.07, 6.45) is -5.88. The molecular formula is C7H9F3N2O2. The number of halogens is 3. The number of aryl methyl sites for hydroxylation is 1. The molecule has 0 spiro atoms. The first-order chi connectivity index (χ1) is 6.36. The van der Waals surface area contributed by atoms with Crippen LogP contribution in [0.5, 0.6) is 0 Å². The second kappa shape index (κ2) is 3.58. The molecule has 2 N–H and O–H groups in total. The molecule has 80 valence electrons. The average molecular weight is 210 g/mol. The summed E-state index contributed by atoms with van der Waals surface area (Å²) < 4.78 is 37.3. The van der Waals surface area contributed by atoms with E-state index in [1.807, 2.05) is 0 Å². The van der Waals surface area contributed by atoms with E-state index in [4.69, 9.17) is 10.2 Å². The van der Waals surface area contributed by atoms with Crippen molar-refractivity contribution in [3.8, 4) is 0 Å². The molecule has 14 heavy (non-hydrogen) atoms. The molecule has 0 aliphatic heterocycles. The lowest BCUT2D eigenvalue weighted by atomic mass is 10.2. The molecule has 1 aromatic heterocycles. The summed E-state index contributed by atoms with van der Waals surface area (Å²) in [6.45, 7) is -0.642. The molecule has 1 heterocycles. The van der Waals surface area contributed by atoms with E-state index in [1.54, 1.807) is 0 Å². The van der Waals surface area contributed by atoms with Crippen molar-refractivity contribution < 1.29 is 23.4 Å². The van der Waals surface area contributed by atoms with Crippen LogP contribution in [0.3, 0.4) is 0 Å². The van der Waals surface area contributed by atoms with Crippen LogP contribution in [0.15, 0.2) is 6.07 Å². The molecule has 0 amide bonds. The number of hydrogen-bond acceptors (Lipinski definition) is 3. The summed E-state index contributed by atoms with van der Waals surface area (Å²) in [5.74, 6) is 0. The van der Waals surface area contributed by atoms with Crippen molar-refractivity contribution >= 4 is 0 Å². The second-order valence-corrected chi connectivity index (χ2v) is 2.77. The van der Waals surface area contributed by atoms with E-state index in [2.05, 4.69) is 5.10 Å². The highest BCUT2D eigenvalue weighted by atomic mass is 19.4. The van der Waals surface area contributed by atoms with Gasteiger partial charge < -0.3 is 10.2 Å². The number of alkyl halides is 3. The fraction of sp³-hybridized carbons (Fsp3) is 0.571. The standard InChI is InChI=1S/C7H9F3N2O2/c1-12-4(5(14)3-13)2-6(11-12)7(8,9)10/h2,5,13-14H,3H2,1H3. The van der Waals surface area contributed by atoms with Crippen LogP contribution in [-0.2, 0) is 13.2 Å². The van der Waals surface area contributed by atoms with Crippen molar-refractivity contribution in [2.75, 3.05) is 6.61 Å². The lowest BCUT2D eigenvalue weighted by Crippen LogP contribution is -2.08. The van der Waals surface area contributed by atoms with E-state index in [1.165, 1.54) is 7.05 Å². The number of nitrogens with zero attached hydrogens (tertiary/aromatic N) is 2. The van der Waals surface area contributed by atoms with Crippen LogP contribution in [0.25, 0.3) is 0 Å². The maximum Gasteiger partial charge on any atom is 0.435 e. The lowest BCUT2D eigenvalue weighted by Gasteiger charge is -2.05. The van der Waals surface area contributed by atoms with Crippen LogP contribution in [0.1, 0.15) is 17.5 Å². The Labute approximate surface area is 77.6 Å². The quantitative estimate of drug-likeness (QED) is 0.745. The van der Waals surface area contributed by atoms with Crippen molar-refractivity contribution in [2.45, 2.75) is 12.3 Å². The Hall–Kier alpha value is -1.08. The molecule has 1 rings (SSSR count). The van der Waals surface area contributed by atoms with Gasteiger partial charge in [-0.15, -0.1) is 0 Å². The van der Waals surface area contributed by atoms with Crippen LogP contribution in [0, 0.1) is 0 Å². The van der Waals surface area contributed by atoms with E-state index in [0.29, 0.717) is 6.07 Å². The maximum absolute atomic E-state index is 12.1. The Kier molecular flexibility index (Phi) is 2.81. The molecule has 1 unspecified atom stereocenters. The van der Waals surface area contributed by atoms with Gasteiger partial charge in [0.15, 0.2) is 5.69 Å². The molecule has 0 aromatic carbocycles. The summed E-state index contributed by atoms with van der Waals surface area (Å²) in [4.78, 5) is 0. The topological polar surface area (TPSA) is 58.3 Å². The summed E-state index contributed by atoms with van der Waals surface area (Å²) in [7, 11) is 1.27. The highest BCUT2D eigenvalue weighted by Crippen LogP contribution is 2.29.